The molecule has 100 valence electrons. The van der Waals surface area contributed by atoms with Crippen LogP contribution in [0.3, 0.4) is 0 Å². The second kappa shape index (κ2) is 6.21. The minimum atomic E-state index is -0.210. The van der Waals surface area contributed by atoms with Crippen LogP contribution in [-0.4, -0.2) is 9.97 Å². The fourth-order valence-electron chi connectivity index (χ4n) is 1.72. The minimum Gasteiger partial charge on any atom is -0.304 e. The van der Waals surface area contributed by atoms with Gasteiger partial charge in [-0.1, -0.05) is 15.9 Å². The number of hydrogen-bond donors (Lipinski definition) is 1. The van der Waals surface area contributed by atoms with Gasteiger partial charge in [0.15, 0.2) is 0 Å². The second-order valence-corrected chi connectivity index (χ2v) is 5.33. The normalized spacial score (nSPS) is 12.4. The molecule has 0 aliphatic carbocycles. The van der Waals surface area contributed by atoms with Crippen LogP contribution >= 0.6 is 15.9 Å². The van der Waals surface area contributed by atoms with Gasteiger partial charge in [-0.3, -0.25) is 9.97 Å². The van der Waals surface area contributed by atoms with E-state index in [-0.39, 0.29) is 11.9 Å². The molecule has 1 aromatic carbocycles. The molecule has 1 heterocycles. The van der Waals surface area contributed by atoms with Gasteiger partial charge in [0, 0.05) is 35.0 Å². The van der Waals surface area contributed by atoms with Crippen LogP contribution < -0.4 is 5.32 Å². The van der Waals surface area contributed by atoms with Crippen molar-refractivity contribution >= 4 is 15.9 Å². The molecule has 1 N–H and O–H groups in total. The van der Waals surface area contributed by atoms with Crippen LogP contribution in [0.15, 0.2) is 35.1 Å². The van der Waals surface area contributed by atoms with Gasteiger partial charge in [0.2, 0.25) is 0 Å². The lowest BCUT2D eigenvalue weighted by molar-refractivity contribution is 0.523. The predicted molar refractivity (Wildman–Crippen MR) is 76.1 cm³/mol. The van der Waals surface area contributed by atoms with Crippen molar-refractivity contribution in [3.63, 3.8) is 0 Å². The summed E-state index contributed by atoms with van der Waals surface area (Å²) in [7, 11) is 0. The Kier molecular flexibility index (Phi) is 4.61. The summed E-state index contributed by atoms with van der Waals surface area (Å²) in [5, 5.41) is 3.24. The van der Waals surface area contributed by atoms with E-state index < -0.39 is 0 Å². The molecule has 2 rings (SSSR count). The number of aryl methyl sites for hydroxylation is 1. The first-order valence-corrected chi connectivity index (χ1v) is 6.81. The van der Waals surface area contributed by atoms with Crippen LogP contribution in [0.2, 0.25) is 0 Å². The maximum atomic E-state index is 13.7. The van der Waals surface area contributed by atoms with Gasteiger partial charge in [-0.05, 0) is 32.0 Å². The molecule has 0 radical (unpaired) electrons. The standard InChI is InChI=1S/C14H15BrFN3/c1-9-6-19-12(7-17-9)8-18-10(2)13-5-11(15)3-4-14(13)16/h3-7,10,18H,8H2,1-2H3. The summed E-state index contributed by atoms with van der Waals surface area (Å²) in [6.45, 7) is 4.37. The molecule has 0 saturated carbocycles. The Bertz CT molecular complexity index is 557. The van der Waals surface area contributed by atoms with E-state index in [1.165, 1.54) is 6.07 Å². The van der Waals surface area contributed by atoms with Crippen molar-refractivity contribution in [2.24, 2.45) is 0 Å². The Balaban J connectivity index is 2.03. The summed E-state index contributed by atoms with van der Waals surface area (Å²) in [6.07, 6.45) is 3.45. The van der Waals surface area contributed by atoms with Crippen LogP contribution in [0.1, 0.15) is 29.9 Å². The Morgan fingerprint density at radius 2 is 2.11 bits per heavy atom. The van der Waals surface area contributed by atoms with Gasteiger partial charge in [-0.25, -0.2) is 4.39 Å². The number of benzene rings is 1. The number of halogens is 2. The molecular formula is C14H15BrFN3. The molecule has 1 aromatic heterocycles. The fraction of sp³-hybridized carbons (Fsp3) is 0.286. The average Bonchev–Trinajstić information content (AvgIpc) is 2.40. The maximum Gasteiger partial charge on any atom is 0.128 e. The highest BCUT2D eigenvalue weighted by atomic mass is 79.9. The molecule has 0 amide bonds. The number of rotatable bonds is 4. The molecule has 5 heteroatoms. The summed E-state index contributed by atoms with van der Waals surface area (Å²) >= 11 is 3.35. The second-order valence-electron chi connectivity index (χ2n) is 4.42. The van der Waals surface area contributed by atoms with Gasteiger partial charge in [0.25, 0.3) is 0 Å². The Morgan fingerprint density at radius 1 is 1.32 bits per heavy atom. The van der Waals surface area contributed by atoms with Gasteiger partial charge >= 0.3 is 0 Å². The van der Waals surface area contributed by atoms with Crippen molar-refractivity contribution in [3.8, 4) is 0 Å². The largest absolute Gasteiger partial charge is 0.304 e. The van der Waals surface area contributed by atoms with Gasteiger partial charge in [0.05, 0.1) is 11.4 Å². The van der Waals surface area contributed by atoms with Crippen molar-refractivity contribution in [3.05, 3.63) is 57.8 Å². The molecule has 0 fully saturated rings. The van der Waals surface area contributed by atoms with E-state index in [0.717, 1.165) is 15.9 Å². The molecule has 1 unspecified atom stereocenters. The Hall–Kier alpha value is -1.33. The summed E-state index contributed by atoms with van der Waals surface area (Å²) in [4.78, 5) is 8.43. The van der Waals surface area contributed by atoms with E-state index >= 15 is 0 Å². The third-order valence-corrected chi connectivity index (χ3v) is 3.34. The maximum absolute atomic E-state index is 13.7. The molecule has 1 atom stereocenters. The van der Waals surface area contributed by atoms with E-state index in [9.17, 15) is 4.39 Å². The molecule has 2 aromatic rings. The summed E-state index contributed by atoms with van der Waals surface area (Å²) in [6, 6.07) is 4.84. The fourth-order valence-corrected chi connectivity index (χ4v) is 2.10. The molecule has 0 spiro atoms. The van der Waals surface area contributed by atoms with Crippen LogP contribution in [0.25, 0.3) is 0 Å². The van der Waals surface area contributed by atoms with Crippen molar-refractivity contribution < 1.29 is 4.39 Å². The van der Waals surface area contributed by atoms with E-state index in [2.05, 4.69) is 31.2 Å². The molecule has 0 bridgehead atoms. The third kappa shape index (κ3) is 3.81. The zero-order valence-electron chi connectivity index (χ0n) is 10.8. The van der Waals surface area contributed by atoms with Crippen molar-refractivity contribution in [1.82, 2.24) is 15.3 Å². The molecule has 0 saturated heterocycles. The highest BCUT2D eigenvalue weighted by Crippen LogP contribution is 2.21. The Morgan fingerprint density at radius 3 is 2.79 bits per heavy atom. The Labute approximate surface area is 120 Å². The first kappa shape index (κ1) is 14.1. The van der Waals surface area contributed by atoms with E-state index in [1.807, 2.05) is 13.8 Å². The summed E-state index contributed by atoms with van der Waals surface area (Å²) < 4.78 is 14.6. The zero-order valence-corrected chi connectivity index (χ0v) is 12.4. The lowest BCUT2D eigenvalue weighted by Crippen LogP contribution is -2.20. The summed E-state index contributed by atoms with van der Waals surface area (Å²) in [5.41, 5.74) is 2.36. The number of nitrogens with one attached hydrogen (secondary N) is 1. The average molecular weight is 324 g/mol. The first-order valence-electron chi connectivity index (χ1n) is 6.02. The first-order chi connectivity index (χ1) is 9.06. The minimum absolute atomic E-state index is 0.0967. The number of nitrogens with zero attached hydrogens (tertiary/aromatic N) is 2. The van der Waals surface area contributed by atoms with Crippen LogP contribution in [0.5, 0.6) is 0 Å². The molecular weight excluding hydrogens is 309 g/mol. The zero-order chi connectivity index (χ0) is 13.8. The predicted octanol–water partition coefficient (Wildman–Crippen LogP) is 3.54. The van der Waals surface area contributed by atoms with E-state index in [0.29, 0.717) is 12.1 Å². The van der Waals surface area contributed by atoms with Gasteiger partial charge in [-0.15, -0.1) is 0 Å². The number of aromatic nitrogens is 2. The lowest BCUT2D eigenvalue weighted by Gasteiger charge is -2.15. The van der Waals surface area contributed by atoms with Crippen molar-refractivity contribution in [1.29, 1.82) is 0 Å². The highest BCUT2D eigenvalue weighted by Gasteiger charge is 2.11. The number of hydrogen-bond acceptors (Lipinski definition) is 3. The highest BCUT2D eigenvalue weighted by molar-refractivity contribution is 9.10. The van der Waals surface area contributed by atoms with Gasteiger partial charge in [0.1, 0.15) is 5.82 Å². The molecule has 3 nitrogen and oxygen atoms in total. The van der Waals surface area contributed by atoms with E-state index in [4.69, 9.17) is 0 Å². The molecule has 0 aliphatic rings. The van der Waals surface area contributed by atoms with Gasteiger partial charge in [-0.2, -0.15) is 0 Å². The molecule has 19 heavy (non-hydrogen) atoms. The third-order valence-electron chi connectivity index (χ3n) is 2.85. The van der Waals surface area contributed by atoms with Crippen LogP contribution in [0, 0.1) is 12.7 Å². The summed E-state index contributed by atoms with van der Waals surface area (Å²) in [5.74, 6) is -0.210. The SMILES string of the molecule is Cc1cnc(CNC(C)c2cc(Br)ccc2F)cn1. The smallest absolute Gasteiger partial charge is 0.128 e. The van der Waals surface area contributed by atoms with E-state index in [1.54, 1.807) is 24.5 Å². The lowest BCUT2D eigenvalue weighted by atomic mass is 10.1. The topological polar surface area (TPSA) is 37.8 Å². The molecule has 0 aliphatic heterocycles. The van der Waals surface area contributed by atoms with Crippen LogP contribution in [0.4, 0.5) is 4.39 Å². The van der Waals surface area contributed by atoms with Crippen molar-refractivity contribution in [2.75, 3.05) is 0 Å². The van der Waals surface area contributed by atoms with Crippen molar-refractivity contribution in [2.45, 2.75) is 26.4 Å². The van der Waals surface area contributed by atoms with Crippen LogP contribution in [-0.2, 0) is 6.54 Å². The van der Waals surface area contributed by atoms with Gasteiger partial charge < -0.3 is 5.32 Å². The quantitative estimate of drug-likeness (QED) is 0.935. The monoisotopic (exact) mass is 323 g/mol.